The molecular weight excluding hydrogens is 248 g/mol. The second kappa shape index (κ2) is 7.43. The van der Waals surface area contributed by atoms with Crippen molar-refractivity contribution in [3.63, 3.8) is 0 Å². The molecule has 1 N–H and O–H groups in total. The number of carboxylic acid groups (broad SMARTS) is 1. The summed E-state index contributed by atoms with van der Waals surface area (Å²) in [4.78, 5) is 10.5. The Labute approximate surface area is 112 Å². The van der Waals surface area contributed by atoms with E-state index in [9.17, 15) is 4.79 Å². The third kappa shape index (κ3) is 5.01. The Morgan fingerprint density at radius 1 is 1.42 bits per heavy atom. The average molecular weight is 266 g/mol. The number of carboxylic acids is 1. The number of hydrogen-bond donors (Lipinski definition) is 1. The molecule has 0 aromatic heterocycles. The third-order valence-electron chi connectivity index (χ3n) is 2.50. The van der Waals surface area contributed by atoms with Crippen LogP contribution in [0.1, 0.15) is 12.5 Å². The highest BCUT2D eigenvalue weighted by Gasteiger charge is 2.07. The van der Waals surface area contributed by atoms with Crippen molar-refractivity contribution in [1.29, 1.82) is 0 Å². The van der Waals surface area contributed by atoms with Gasteiger partial charge in [0.15, 0.2) is 0 Å². The summed E-state index contributed by atoms with van der Waals surface area (Å²) in [5.41, 5.74) is 0.673. The minimum Gasteiger partial charge on any atom is -0.497 e. The molecule has 0 heterocycles. The first-order chi connectivity index (χ1) is 9.06. The molecule has 0 radical (unpaired) electrons. The standard InChI is InChI=1S/C14H18O5/c1-10(17-2)9-19-13-8-12(18-3)6-4-11(13)5-7-14(15)16/h4-8,10H,9H2,1-3H3,(H,15,16)/b7-5+. The lowest BCUT2D eigenvalue weighted by atomic mass is 10.1. The van der Waals surface area contributed by atoms with E-state index in [1.165, 1.54) is 6.08 Å². The molecule has 0 spiro atoms. The van der Waals surface area contributed by atoms with Crippen LogP contribution in [0.2, 0.25) is 0 Å². The quantitative estimate of drug-likeness (QED) is 0.766. The van der Waals surface area contributed by atoms with Crippen LogP contribution in [0, 0.1) is 0 Å². The van der Waals surface area contributed by atoms with Crippen molar-refractivity contribution in [1.82, 2.24) is 0 Å². The lowest BCUT2D eigenvalue weighted by molar-refractivity contribution is -0.131. The number of methoxy groups -OCH3 is 2. The molecule has 0 amide bonds. The zero-order chi connectivity index (χ0) is 14.3. The molecule has 1 aromatic carbocycles. The van der Waals surface area contributed by atoms with Gasteiger partial charge in [0.25, 0.3) is 0 Å². The summed E-state index contributed by atoms with van der Waals surface area (Å²) >= 11 is 0. The Bertz CT molecular complexity index is 453. The molecule has 0 saturated carbocycles. The lowest BCUT2D eigenvalue weighted by Crippen LogP contribution is -2.16. The molecule has 1 aromatic rings. The van der Waals surface area contributed by atoms with E-state index in [1.54, 1.807) is 32.4 Å². The second-order valence-electron chi connectivity index (χ2n) is 3.93. The van der Waals surface area contributed by atoms with Crippen molar-refractivity contribution in [2.24, 2.45) is 0 Å². The van der Waals surface area contributed by atoms with E-state index in [2.05, 4.69) is 0 Å². The van der Waals surface area contributed by atoms with Gasteiger partial charge in [-0.05, 0) is 25.1 Å². The van der Waals surface area contributed by atoms with Gasteiger partial charge in [0.1, 0.15) is 18.1 Å². The second-order valence-corrected chi connectivity index (χ2v) is 3.93. The summed E-state index contributed by atoms with van der Waals surface area (Å²) in [5.74, 6) is 0.195. The predicted octanol–water partition coefficient (Wildman–Crippen LogP) is 2.21. The first-order valence-corrected chi connectivity index (χ1v) is 5.81. The van der Waals surface area contributed by atoms with Crippen molar-refractivity contribution in [3.8, 4) is 11.5 Å². The van der Waals surface area contributed by atoms with Crippen molar-refractivity contribution in [3.05, 3.63) is 29.8 Å². The minimum atomic E-state index is -1.01. The van der Waals surface area contributed by atoms with Gasteiger partial charge in [-0.3, -0.25) is 0 Å². The zero-order valence-corrected chi connectivity index (χ0v) is 11.3. The fourth-order valence-electron chi connectivity index (χ4n) is 1.34. The highest BCUT2D eigenvalue weighted by molar-refractivity contribution is 5.86. The minimum absolute atomic E-state index is 0.0532. The molecule has 5 heteroatoms. The Morgan fingerprint density at radius 3 is 2.74 bits per heavy atom. The molecular formula is C14H18O5. The molecule has 0 aliphatic heterocycles. The van der Waals surface area contributed by atoms with Crippen molar-refractivity contribution >= 4 is 12.0 Å². The predicted molar refractivity (Wildman–Crippen MR) is 71.6 cm³/mol. The summed E-state index contributed by atoms with van der Waals surface area (Å²) in [6.07, 6.45) is 2.49. The molecule has 19 heavy (non-hydrogen) atoms. The smallest absolute Gasteiger partial charge is 0.328 e. The summed E-state index contributed by atoms with van der Waals surface area (Å²) in [5, 5.41) is 8.65. The fourth-order valence-corrected chi connectivity index (χ4v) is 1.34. The SMILES string of the molecule is COc1ccc(/C=C/C(=O)O)c(OCC(C)OC)c1. The van der Waals surface area contributed by atoms with Crippen LogP contribution in [0.25, 0.3) is 6.08 Å². The van der Waals surface area contributed by atoms with Crippen molar-refractivity contribution in [2.45, 2.75) is 13.0 Å². The molecule has 1 unspecified atom stereocenters. The van der Waals surface area contributed by atoms with Crippen LogP contribution >= 0.6 is 0 Å². The molecule has 0 fully saturated rings. The highest BCUT2D eigenvalue weighted by atomic mass is 16.5. The number of ether oxygens (including phenoxy) is 3. The Hall–Kier alpha value is -2.01. The van der Waals surface area contributed by atoms with Gasteiger partial charge >= 0.3 is 5.97 Å². The number of aliphatic carboxylic acids is 1. The number of hydrogen-bond acceptors (Lipinski definition) is 4. The maximum absolute atomic E-state index is 10.5. The molecule has 0 saturated heterocycles. The molecule has 1 rings (SSSR count). The lowest BCUT2D eigenvalue weighted by Gasteiger charge is -2.14. The van der Waals surface area contributed by atoms with Crippen LogP contribution in [0.5, 0.6) is 11.5 Å². The third-order valence-corrected chi connectivity index (χ3v) is 2.50. The summed E-state index contributed by atoms with van der Waals surface area (Å²) < 4.78 is 15.8. The Morgan fingerprint density at radius 2 is 2.16 bits per heavy atom. The summed E-state index contributed by atoms with van der Waals surface area (Å²) in [6, 6.07) is 5.20. The van der Waals surface area contributed by atoms with E-state index in [4.69, 9.17) is 19.3 Å². The fraction of sp³-hybridized carbons (Fsp3) is 0.357. The van der Waals surface area contributed by atoms with Gasteiger partial charge < -0.3 is 19.3 Å². The number of carbonyl (C=O) groups is 1. The van der Waals surface area contributed by atoms with Crippen LogP contribution in [0.3, 0.4) is 0 Å². The van der Waals surface area contributed by atoms with E-state index in [-0.39, 0.29) is 6.10 Å². The van der Waals surface area contributed by atoms with Crippen LogP contribution in [-0.4, -0.2) is 38.0 Å². The topological polar surface area (TPSA) is 65.0 Å². The van der Waals surface area contributed by atoms with E-state index >= 15 is 0 Å². The van der Waals surface area contributed by atoms with Gasteiger partial charge in [-0.15, -0.1) is 0 Å². The van der Waals surface area contributed by atoms with Gasteiger partial charge in [-0.1, -0.05) is 0 Å². The van der Waals surface area contributed by atoms with Crippen LogP contribution in [0.4, 0.5) is 0 Å². The van der Waals surface area contributed by atoms with Crippen LogP contribution < -0.4 is 9.47 Å². The van der Waals surface area contributed by atoms with Crippen LogP contribution in [-0.2, 0) is 9.53 Å². The molecule has 0 bridgehead atoms. The molecule has 0 aliphatic rings. The van der Waals surface area contributed by atoms with E-state index < -0.39 is 5.97 Å². The molecule has 5 nitrogen and oxygen atoms in total. The average Bonchev–Trinajstić information content (AvgIpc) is 2.42. The van der Waals surface area contributed by atoms with Gasteiger partial charge in [0.2, 0.25) is 0 Å². The van der Waals surface area contributed by atoms with Gasteiger partial charge in [-0.25, -0.2) is 4.79 Å². The van der Waals surface area contributed by atoms with E-state index in [0.29, 0.717) is 23.7 Å². The molecule has 0 aliphatic carbocycles. The maximum atomic E-state index is 10.5. The van der Waals surface area contributed by atoms with Crippen molar-refractivity contribution in [2.75, 3.05) is 20.8 Å². The van der Waals surface area contributed by atoms with Gasteiger partial charge in [-0.2, -0.15) is 0 Å². The van der Waals surface area contributed by atoms with E-state index in [0.717, 1.165) is 6.08 Å². The highest BCUT2D eigenvalue weighted by Crippen LogP contribution is 2.26. The maximum Gasteiger partial charge on any atom is 0.328 e. The van der Waals surface area contributed by atoms with Gasteiger partial charge in [0, 0.05) is 24.8 Å². The van der Waals surface area contributed by atoms with Crippen molar-refractivity contribution < 1.29 is 24.1 Å². The normalized spacial score (nSPS) is 12.4. The van der Waals surface area contributed by atoms with Gasteiger partial charge in [0.05, 0.1) is 13.2 Å². The van der Waals surface area contributed by atoms with E-state index in [1.807, 2.05) is 6.92 Å². The first-order valence-electron chi connectivity index (χ1n) is 5.81. The number of rotatable bonds is 7. The Kier molecular flexibility index (Phi) is 5.89. The number of benzene rings is 1. The zero-order valence-electron chi connectivity index (χ0n) is 11.3. The Balaban J connectivity index is 2.92. The largest absolute Gasteiger partial charge is 0.497 e. The summed E-state index contributed by atoms with van der Waals surface area (Å²) in [6.45, 7) is 2.25. The first kappa shape index (κ1) is 15.0. The molecule has 1 atom stereocenters. The summed E-state index contributed by atoms with van der Waals surface area (Å²) in [7, 11) is 3.16. The van der Waals surface area contributed by atoms with Crippen LogP contribution in [0.15, 0.2) is 24.3 Å². The monoisotopic (exact) mass is 266 g/mol. The molecule has 104 valence electrons.